The van der Waals surface area contributed by atoms with Crippen LogP contribution >= 0.6 is 11.3 Å². The lowest BCUT2D eigenvalue weighted by Crippen LogP contribution is -2.50. The largest absolute Gasteiger partial charge is 0.478 e. The summed E-state index contributed by atoms with van der Waals surface area (Å²) in [7, 11) is 1.42. The zero-order valence-electron chi connectivity index (χ0n) is 16.2. The van der Waals surface area contributed by atoms with Gasteiger partial charge in [0.25, 0.3) is 5.88 Å². The molecule has 7 nitrogen and oxygen atoms in total. The Hall–Kier alpha value is -3.15. The van der Waals surface area contributed by atoms with Crippen molar-refractivity contribution in [2.45, 2.75) is 6.18 Å². The second-order valence-electron chi connectivity index (χ2n) is 6.79. The fraction of sp³-hybridized carbons (Fsp3) is 0.316. The minimum atomic E-state index is -4.64. The number of carbonyl (C=O) groups excluding carboxylic acids is 1. The fourth-order valence-electron chi connectivity index (χ4n) is 3.27. The number of urea groups is 1. The molecule has 1 N–H and O–H groups in total. The third-order valence-electron chi connectivity index (χ3n) is 4.82. The Bertz CT molecular complexity index is 1110. The maximum atomic E-state index is 13.7. The number of carbonyl (C=O) groups is 1. The Labute approximate surface area is 178 Å². The van der Waals surface area contributed by atoms with Crippen molar-refractivity contribution < 1.29 is 27.1 Å². The van der Waals surface area contributed by atoms with Gasteiger partial charge in [-0.05, 0) is 29.6 Å². The molecule has 1 saturated heterocycles. The predicted octanol–water partition coefficient (Wildman–Crippen LogP) is 4.21. The molecule has 0 atom stereocenters. The summed E-state index contributed by atoms with van der Waals surface area (Å²) in [5, 5.41) is 4.50. The minimum Gasteiger partial charge on any atom is -0.478 e. The van der Waals surface area contributed by atoms with E-state index in [-0.39, 0.29) is 43.6 Å². The molecule has 31 heavy (non-hydrogen) atoms. The highest BCUT2D eigenvalue weighted by atomic mass is 32.1. The number of halogens is 4. The minimum absolute atomic E-state index is 0.128. The van der Waals surface area contributed by atoms with Crippen molar-refractivity contribution in [3.8, 4) is 5.88 Å². The number of fused-ring (bicyclic) bond motifs is 1. The van der Waals surface area contributed by atoms with Crippen LogP contribution in [0.25, 0.3) is 10.3 Å². The number of benzene rings is 1. The molecule has 164 valence electrons. The van der Waals surface area contributed by atoms with Crippen LogP contribution in [0.2, 0.25) is 0 Å². The normalized spacial score (nSPS) is 14.7. The van der Waals surface area contributed by atoms with Gasteiger partial charge in [0, 0.05) is 31.9 Å². The fourth-order valence-corrected chi connectivity index (χ4v) is 3.97. The van der Waals surface area contributed by atoms with Crippen LogP contribution in [0.3, 0.4) is 0 Å². The molecule has 0 unspecified atom stereocenters. The van der Waals surface area contributed by atoms with Gasteiger partial charge >= 0.3 is 12.2 Å². The monoisotopic (exact) mass is 455 g/mol. The molecule has 3 aromatic rings. The van der Waals surface area contributed by atoms with E-state index in [1.807, 2.05) is 5.38 Å². The lowest BCUT2D eigenvalue weighted by molar-refractivity contribution is -0.137. The van der Waals surface area contributed by atoms with Gasteiger partial charge in [0.05, 0.1) is 12.7 Å². The molecule has 0 saturated carbocycles. The number of nitrogens with one attached hydrogen (secondary N) is 1. The quantitative estimate of drug-likeness (QED) is 0.599. The van der Waals surface area contributed by atoms with Crippen molar-refractivity contribution >= 4 is 39.2 Å². The molecule has 4 rings (SSSR count). The van der Waals surface area contributed by atoms with Crippen LogP contribution in [0.15, 0.2) is 29.6 Å². The summed E-state index contributed by atoms with van der Waals surface area (Å²) >= 11 is 1.37. The number of hydrogen-bond acceptors (Lipinski definition) is 6. The van der Waals surface area contributed by atoms with Gasteiger partial charge in [0.2, 0.25) is 0 Å². The van der Waals surface area contributed by atoms with Crippen molar-refractivity contribution in [3.63, 3.8) is 0 Å². The molecule has 12 heteroatoms. The van der Waals surface area contributed by atoms with Gasteiger partial charge in [-0.3, -0.25) is 5.32 Å². The average Bonchev–Trinajstić information content (AvgIpc) is 3.19. The summed E-state index contributed by atoms with van der Waals surface area (Å²) in [6, 6.07) is 3.79. The Balaban J connectivity index is 1.43. The van der Waals surface area contributed by atoms with Crippen molar-refractivity contribution in [3.05, 3.63) is 41.0 Å². The standard InChI is InChI=1S/C19H17F4N5O2S/c1-30-16-15(25-17-14(24-16)2-7-31-17)26-18(29)28-5-3-27(4-6-28)13-9-11(19(21,22)23)8-12(20)10-13/h2,7-10H,3-6H2,1H3,(H,25,26,29). The molecule has 1 aliphatic rings. The molecule has 1 aromatic carbocycles. The SMILES string of the molecule is COc1nc2ccsc2nc1NC(=O)N1CCN(c2cc(F)cc(C(F)(F)F)c2)CC1. The first kappa shape index (κ1) is 21.1. The number of alkyl halides is 3. The number of piperazine rings is 1. The Morgan fingerprint density at radius 1 is 1.16 bits per heavy atom. The highest BCUT2D eigenvalue weighted by molar-refractivity contribution is 7.16. The summed E-state index contributed by atoms with van der Waals surface area (Å²) in [6.45, 7) is 0.975. The number of amides is 2. The number of hydrogen-bond donors (Lipinski definition) is 1. The number of methoxy groups -OCH3 is 1. The van der Waals surface area contributed by atoms with E-state index >= 15 is 0 Å². The number of rotatable bonds is 3. The van der Waals surface area contributed by atoms with Crippen LogP contribution in [-0.2, 0) is 6.18 Å². The maximum Gasteiger partial charge on any atom is 0.416 e. The van der Waals surface area contributed by atoms with Gasteiger partial charge < -0.3 is 14.5 Å². The highest BCUT2D eigenvalue weighted by Crippen LogP contribution is 2.33. The molecular weight excluding hydrogens is 438 g/mol. The van der Waals surface area contributed by atoms with E-state index in [2.05, 4.69) is 15.3 Å². The topological polar surface area (TPSA) is 70.6 Å². The van der Waals surface area contributed by atoms with Crippen molar-refractivity contribution in [2.75, 3.05) is 43.5 Å². The van der Waals surface area contributed by atoms with Crippen molar-refractivity contribution in [1.29, 1.82) is 0 Å². The van der Waals surface area contributed by atoms with Crippen LogP contribution in [0, 0.1) is 5.82 Å². The molecule has 2 amide bonds. The van der Waals surface area contributed by atoms with Gasteiger partial charge in [-0.25, -0.2) is 19.2 Å². The van der Waals surface area contributed by atoms with E-state index in [9.17, 15) is 22.4 Å². The third-order valence-corrected chi connectivity index (χ3v) is 5.62. The summed E-state index contributed by atoms with van der Waals surface area (Å²) in [5.41, 5.74) is -0.262. The molecule has 0 bridgehead atoms. The van der Waals surface area contributed by atoms with Crippen LogP contribution < -0.4 is 15.0 Å². The molecule has 0 aliphatic carbocycles. The second-order valence-corrected chi connectivity index (χ2v) is 7.69. The number of aromatic nitrogens is 2. The Kier molecular flexibility index (Phi) is 5.56. The summed E-state index contributed by atoms with van der Waals surface area (Å²) in [5.74, 6) is -0.596. The van der Waals surface area contributed by atoms with Gasteiger partial charge in [0.15, 0.2) is 5.82 Å². The zero-order valence-corrected chi connectivity index (χ0v) is 17.1. The van der Waals surface area contributed by atoms with Gasteiger partial charge in [-0.1, -0.05) is 0 Å². The Morgan fingerprint density at radius 3 is 2.58 bits per heavy atom. The number of nitrogens with zero attached hydrogens (tertiary/aromatic N) is 4. The van der Waals surface area contributed by atoms with E-state index in [1.165, 1.54) is 23.3 Å². The lowest BCUT2D eigenvalue weighted by Gasteiger charge is -2.36. The number of thiophene rings is 1. The Morgan fingerprint density at radius 2 is 1.90 bits per heavy atom. The second kappa shape index (κ2) is 8.17. The molecule has 1 aliphatic heterocycles. The van der Waals surface area contributed by atoms with E-state index in [0.29, 0.717) is 16.4 Å². The lowest BCUT2D eigenvalue weighted by atomic mass is 10.1. The van der Waals surface area contributed by atoms with Gasteiger partial charge in [0.1, 0.15) is 16.2 Å². The maximum absolute atomic E-state index is 13.7. The smallest absolute Gasteiger partial charge is 0.416 e. The van der Waals surface area contributed by atoms with Crippen LogP contribution in [-0.4, -0.2) is 54.2 Å². The number of ether oxygens (including phenoxy) is 1. The van der Waals surface area contributed by atoms with Crippen LogP contribution in [0.4, 0.5) is 33.9 Å². The molecular formula is C19H17F4N5O2S. The first-order chi connectivity index (χ1) is 14.7. The average molecular weight is 455 g/mol. The third kappa shape index (κ3) is 4.48. The first-order valence-corrected chi connectivity index (χ1v) is 10.1. The van der Waals surface area contributed by atoms with E-state index in [4.69, 9.17) is 4.74 Å². The molecule has 0 radical (unpaired) electrons. The molecule has 2 aromatic heterocycles. The predicted molar refractivity (Wildman–Crippen MR) is 108 cm³/mol. The zero-order chi connectivity index (χ0) is 22.2. The first-order valence-electron chi connectivity index (χ1n) is 9.22. The van der Waals surface area contributed by atoms with Gasteiger partial charge in [-0.2, -0.15) is 13.2 Å². The van der Waals surface area contributed by atoms with Gasteiger partial charge in [-0.15, -0.1) is 11.3 Å². The van der Waals surface area contributed by atoms with Crippen molar-refractivity contribution in [2.24, 2.45) is 0 Å². The van der Waals surface area contributed by atoms with Crippen molar-refractivity contribution in [1.82, 2.24) is 14.9 Å². The van der Waals surface area contributed by atoms with Crippen LogP contribution in [0.5, 0.6) is 5.88 Å². The number of anilines is 2. The molecule has 0 spiro atoms. The van der Waals surface area contributed by atoms with Crippen LogP contribution in [0.1, 0.15) is 5.56 Å². The summed E-state index contributed by atoms with van der Waals surface area (Å²) in [4.78, 5) is 25.1. The molecule has 1 fully saturated rings. The van der Waals surface area contributed by atoms with E-state index in [0.717, 1.165) is 12.1 Å². The summed E-state index contributed by atoms with van der Waals surface area (Å²) in [6.07, 6.45) is -4.64. The van der Waals surface area contributed by atoms with E-state index in [1.54, 1.807) is 11.0 Å². The summed E-state index contributed by atoms with van der Waals surface area (Å²) < 4.78 is 57.8. The van der Waals surface area contributed by atoms with E-state index < -0.39 is 23.6 Å². The molecule has 3 heterocycles. The highest BCUT2D eigenvalue weighted by Gasteiger charge is 2.32.